The Labute approximate surface area is 269 Å². The third kappa shape index (κ3) is 12.1. The molecular weight excluding hydrogens is 597 g/mol. The summed E-state index contributed by atoms with van der Waals surface area (Å²) < 4.78 is 41.6. The van der Waals surface area contributed by atoms with E-state index in [0.29, 0.717) is 45.7 Å². The lowest BCUT2D eigenvalue weighted by molar-refractivity contribution is -0.160. The van der Waals surface area contributed by atoms with E-state index in [4.69, 9.17) is 32.8 Å². The number of esters is 1. The smallest absolute Gasteiger partial charge is 0.312 e. The van der Waals surface area contributed by atoms with Crippen LogP contribution in [0, 0.1) is 0 Å². The number of hydrogen-bond donors (Lipinski definition) is 0. The number of rotatable bonds is 27. The van der Waals surface area contributed by atoms with E-state index in [1.165, 1.54) is 0 Å². The van der Waals surface area contributed by atoms with Gasteiger partial charge in [-0.05, 0) is 39.3 Å². The Bertz CT molecular complexity index is 874. The van der Waals surface area contributed by atoms with Crippen molar-refractivity contribution in [3.05, 3.63) is 50.6 Å². The normalized spacial score (nSPS) is 13.8. The third-order valence-electron chi connectivity index (χ3n) is 8.44. The molecule has 1 atom stereocenters. The second kappa shape index (κ2) is 21.0. The molecule has 0 radical (unpaired) electrons. The average molecular weight is 657 g/mol. The van der Waals surface area contributed by atoms with Crippen LogP contribution in [0.1, 0.15) is 47.0 Å². The van der Waals surface area contributed by atoms with E-state index in [1.807, 2.05) is 53.9 Å². The highest BCUT2D eigenvalue weighted by Crippen LogP contribution is 2.50. The summed E-state index contributed by atoms with van der Waals surface area (Å²) in [5.41, 5.74) is -0.305. The summed E-state index contributed by atoms with van der Waals surface area (Å²) in [6.45, 7) is 32.7. The van der Waals surface area contributed by atoms with Gasteiger partial charge in [-0.15, -0.1) is 26.3 Å². The molecule has 0 aromatic heterocycles. The molecule has 254 valence electrons. The zero-order chi connectivity index (χ0) is 33.9. The summed E-state index contributed by atoms with van der Waals surface area (Å²) in [6.07, 6.45) is 6.97. The Hall–Kier alpha value is -1.87. The molecule has 0 aromatic rings. The van der Waals surface area contributed by atoms with Gasteiger partial charge in [-0.3, -0.25) is 9.59 Å². The first-order chi connectivity index (χ1) is 20.7. The fourth-order valence-corrected chi connectivity index (χ4v) is 12.4. The highest BCUT2D eigenvalue weighted by atomic mass is 28.4. The maximum absolute atomic E-state index is 14.1. The van der Waals surface area contributed by atoms with Gasteiger partial charge >= 0.3 is 5.97 Å². The SMILES string of the molecule is C=CCOCC(COCC=C)OC(=O)C(CC)(CC)[Si](C)(C)OC(C)(CC)[Si](C)(C)C(=O)OC(COCC=C)COCC=C. The molecule has 0 aliphatic heterocycles. The van der Waals surface area contributed by atoms with E-state index in [2.05, 4.69) is 26.3 Å². The minimum absolute atomic E-state index is 0.175. The number of carbonyl (C=O) groups excluding carboxylic acids is 2. The fourth-order valence-electron chi connectivity index (χ4n) is 5.08. The van der Waals surface area contributed by atoms with Gasteiger partial charge in [-0.1, -0.05) is 58.2 Å². The summed E-state index contributed by atoms with van der Waals surface area (Å²) in [5, 5.41) is -1.71. The second-order valence-corrected chi connectivity index (χ2v) is 20.9. The molecule has 0 aliphatic carbocycles. The van der Waals surface area contributed by atoms with Gasteiger partial charge in [-0.25, -0.2) is 0 Å². The van der Waals surface area contributed by atoms with Crippen LogP contribution in [0.25, 0.3) is 0 Å². The maximum Gasteiger partial charge on any atom is 0.312 e. The fraction of sp³-hybridized carbons (Fsp3) is 0.697. The van der Waals surface area contributed by atoms with Crippen molar-refractivity contribution in [2.75, 3.05) is 52.9 Å². The van der Waals surface area contributed by atoms with Crippen molar-refractivity contribution in [1.82, 2.24) is 0 Å². The Morgan fingerprint density at radius 2 is 1.02 bits per heavy atom. The quantitative estimate of drug-likeness (QED) is 0.0401. The van der Waals surface area contributed by atoms with Crippen LogP contribution in [0.2, 0.25) is 31.2 Å². The van der Waals surface area contributed by atoms with Gasteiger partial charge in [0.05, 0.1) is 63.1 Å². The summed E-state index contributed by atoms with van der Waals surface area (Å²) in [7, 11) is -5.88. The lowest BCUT2D eigenvalue weighted by Gasteiger charge is -2.50. The predicted molar refractivity (Wildman–Crippen MR) is 182 cm³/mol. The zero-order valence-electron chi connectivity index (χ0n) is 28.7. The molecule has 1 unspecified atom stereocenters. The van der Waals surface area contributed by atoms with Crippen molar-refractivity contribution >= 4 is 28.0 Å². The Kier molecular flexibility index (Phi) is 20.1. The van der Waals surface area contributed by atoms with E-state index < -0.39 is 38.9 Å². The van der Waals surface area contributed by atoms with E-state index in [1.54, 1.807) is 24.3 Å². The summed E-state index contributed by atoms with van der Waals surface area (Å²) in [4.78, 5) is 27.9. The Balaban J connectivity index is 6.18. The molecule has 0 bridgehead atoms. The van der Waals surface area contributed by atoms with Crippen molar-refractivity contribution in [3.63, 3.8) is 0 Å². The maximum atomic E-state index is 14.1. The third-order valence-corrected chi connectivity index (χ3v) is 17.1. The predicted octanol–water partition coefficient (Wildman–Crippen LogP) is 6.99. The van der Waals surface area contributed by atoms with Crippen molar-refractivity contribution in [2.45, 2.75) is 95.6 Å². The molecule has 0 spiro atoms. The first-order valence-electron chi connectivity index (χ1n) is 15.6. The molecule has 0 amide bonds. The molecule has 0 heterocycles. The van der Waals surface area contributed by atoms with Crippen molar-refractivity contribution < 1.29 is 42.4 Å². The van der Waals surface area contributed by atoms with E-state index in [9.17, 15) is 9.59 Å². The molecule has 0 N–H and O–H groups in total. The van der Waals surface area contributed by atoms with Gasteiger partial charge in [0, 0.05) is 0 Å². The first kappa shape index (κ1) is 42.1. The monoisotopic (exact) mass is 656 g/mol. The van der Waals surface area contributed by atoms with Crippen molar-refractivity contribution in [2.24, 2.45) is 0 Å². The van der Waals surface area contributed by atoms with Crippen LogP contribution < -0.4 is 0 Å². The van der Waals surface area contributed by atoms with Crippen molar-refractivity contribution in [1.29, 1.82) is 0 Å². The zero-order valence-corrected chi connectivity index (χ0v) is 30.7. The lowest BCUT2D eigenvalue weighted by Crippen LogP contribution is -2.66. The van der Waals surface area contributed by atoms with Gasteiger partial charge < -0.3 is 32.8 Å². The van der Waals surface area contributed by atoms with Gasteiger partial charge in [0.15, 0.2) is 0 Å². The Morgan fingerprint density at radius 3 is 1.34 bits per heavy atom. The lowest BCUT2D eigenvalue weighted by atomic mass is 10.0. The first-order valence-corrected chi connectivity index (χ1v) is 21.5. The second-order valence-electron chi connectivity index (χ2n) is 12.0. The van der Waals surface area contributed by atoms with Gasteiger partial charge in [-0.2, -0.15) is 0 Å². The summed E-state index contributed by atoms with van der Waals surface area (Å²) >= 11 is 0. The number of carbonyl (C=O) groups is 2. The average Bonchev–Trinajstić information content (AvgIpc) is 2.97. The molecular formula is C33H60O9Si2. The molecule has 0 aliphatic rings. The molecule has 0 saturated carbocycles. The topological polar surface area (TPSA) is 98.8 Å². The van der Waals surface area contributed by atoms with Crippen LogP contribution in [0.5, 0.6) is 0 Å². The van der Waals surface area contributed by atoms with Gasteiger partial charge in [0.1, 0.15) is 12.2 Å². The van der Waals surface area contributed by atoms with E-state index >= 15 is 0 Å². The van der Waals surface area contributed by atoms with E-state index in [0.717, 1.165) is 0 Å². The van der Waals surface area contributed by atoms with Crippen LogP contribution in [-0.4, -0.2) is 98.2 Å². The highest BCUT2D eigenvalue weighted by Gasteiger charge is 2.60. The minimum Gasteiger partial charge on any atom is -0.462 e. The van der Waals surface area contributed by atoms with Crippen LogP contribution >= 0.6 is 0 Å². The molecule has 44 heavy (non-hydrogen) atoms. The highest BCUT2D eigenvalue weighted by molar-refractivity contribution is 7.05. The molecule has 0 rings (SSSR count). The van der Waals surface area contributed by atoms with Crippen LogP contribution in [0.15, 0.2) is 50.6 Å². The van der Waals surface area contributed by atoms with Crippen LogP contribution in [0.3, 0.4) is 0 Å². The van der Waals surface area contributed by atoms with Gasteiger partial charge in [0.2, 0.25) is 16.4 Å². The van der Waals surface area contributed by atoms with Crippen molar-refractivity contribution in [3.8, 4) is 0 Å². The summed E-state index contributed by atoms with van der Waals surface area (Å²) in [5.74, 6) is -0.340. The van der Waals surface area contributed by atoms with Gasteiger partial charge in [0.25, 0.3) is 5.59 Å². The molecule has 9 nitrogen and oxygen atoms in total. The summed E-state index contributed by atoms with van der Waals surface area (Å²) in [6, 6.07) is 0. The standard InChI is InChI=1S/C33H60O9Si2/c1-13-20-36-24-28(25-37-21-14-2)40-30(34)33(18-6,19-7)44(11,12)42-32(8,17-5)43(9,10)31(35)41-29(26-38-22-15-3)27-39-23-16-4/h13-16,28-29H,1-4,17-27H2,5-12H3. The molecule has 0 aromatic carbocycles. The largest absolute Gasteiger partial charge is 0.462 e. The minimum atomic E-state index is -2.95. The molecule has 0 fully saturated rings. The Morgan fingerprint density at radius 1 is 0.659 bits per heavy atom. The molecule has 11 heteroatoms. The number of ether oxygens (including phenoxy) is 6. The van der Waals surface area contributed by atoms with Crippen LogP contribution in [-0.2, 0) is 37.6 Å². The van der Waals surface area contributed by atoms with E-state index in [-0.39, 0.29) is 38.0 Å². The van der Waals surface area contributed by atoms with Crippen LogP contribution in [0.4, 0.5) is 4.79 Å². The number of hydrogen-bond acceptors (Lipinski definition) is 9. The molecule has 0 saturated heterocycles.